The van der Waals surface area contributed by atoms with Gasteiger partial charge in [-0.3, -0.25) is 4.98 Å². The molecular weight excluding hydrogens is 316 g/mol. The van der Waals surface area contributed by atoms with Gasteiger partial charge in [-0.15, -0.1) is 0 Å². The van der Waals surface area contributed by atoms with Crippen molar-refractivity contribution in [2.75, 3.05) is 32.1 Å². The van der Waals surface area contributed by atoms with Gasteiger partial charge < -0.3 is 9.80 Å². The third-order valence-corrected chi connectivity index (χ3v) is 4.58. The second-order valence-electron chi connectivity index (χ2n) is 5.51. The molecular formula is C15H19BrN4. The van der Waals surface area contributed by atoms with Gasteiger partial charge in [0.1, 0.15) is 5.82 Å². The molecule has 2 heterocycles. The molecule has 1 saturated heterocycles. The van der Waals surface area contributed by atoms with Gasteiger partial charge in [0.2, 0.25) is 0 Å². The third-order valence-electron chi connectivity index (χ3n) is 4.09. The molecule has 1 fully saturated rings. The van der Waals surface area contributed by atoms with Crippen LogP contribution in [0.3, 0.4) is 0 Å². The Labute approximate surface area is 127 Å². The lowest BCUT2D eigenvalue weighted by atomic mass is 10.0. The summed E-state index contributed by atoms with van der Waals surface area (Å²) in [5.41, 5.74) is 1.88. The first-order valence-electron chi connectivity index (χ1n) is 6.97. The van der Waals surface area contributed by atoms with Gasteiger partial charge in [0, 0.05) is 17.6 Å². The molecule has 0 unspecified atom stereocenters. The number of hydrogen-bond donors (Lipinski definition) is 0. The summed E-state index contributed by atoms with van der Waals surface area (Å²) >= 11 is 3.49. The Morgan fingerprint density at radius 1 is 1.25 bits per heavy atom. The van der Waals surface area contributed by atoms with Gasteiger partial charge in [-0.2, -0.15) is 0 Å². The zero-order valence-corrected chi connectivity index (χ0v) is 13.5. The predicted octanol–water partition coefficient (Wildman–Crippen LogP) is 2.92. The fraction of sp³-hybridized carbons (Fsp3) is 0.467. The maximum Gasteiger partial charge on any atom is 0.147 e. The van der Waals surface area contributed by atoms with Crippen LogP contribution in [0.15, 0.2) is 28.9 Å². The molecule has 1 aromatic heterocycles. The highest BCUT2D eigenvalue weighted by molar-refractivity contribution is 9.10. The number of nitrogens with zero attached hydrogens (tertiary/aromatic N) is 4. The lowest BCUT2D eigenvalue weighted by Gasteiger charge is -2.35. The van der Waals surface area contributed by atoms with Crippen LogP contribution in [-0.2, 0) is 0 Å². The minimum atomic E-state index is 0.560. The summed E-state index contributed by atoms with van der Waals surface area (Å²) < 4.78 is 1.04. The van der Waals surface area contributed by atoms with Crippen molar-refractivity contribution in [1.82, 2.24) is 14.9 Å². The molecule has 0 radical (unpaired) electrons. The lowest BCUT2D eigenvalue weighted by molar-refractivity contribution is 0.252. The maximum atomic E-state index is 4.75. The van der Waals surface area contributed by atoms with Crippen molar-refractivity contribution in [1.29, 1.82) is 0 Å². The van der Waals surface area contributed by atoms with E-state index in [1.807, 2.05) is 24.4 Å². The average molecular weight is 335 g/mol. The third kappa shape index (κ3) is 2.79. The molecule has 0 N–H and O–H groups in total. The number of likely N-dealkylation sites (tertiary alicyclic amines) is 1. The van der Waals surface area contributed by atoms with Gasteiger partial charge in [0.15, 0.2) is 0 Å². The Morgan fingerprint density at radius 2 is 2.00 bits per heavy atom. The Morgan fingerprint density at radius 3 is 2.75 bits per heavy atom. The summed E-state index contributed by atoms with van der Waals surface area (Å²) in [5.74, 6) is 0.963. The van der Waals surface area contributed by atoms with E-state index in [0.717, 1.165) is 34.4 Å². The summed E-state index contributed by atoms with van der Waals surface area (Å²) in [4.78, 5) is 13.9. The van der Waals surface area contributed by atoms with Crippen LogP contribution in [0.25, 0.3) is 11.0 Å². The van der Waals surface area contributed by atoms with Crippen molar-refractivity contribution in [3.05, 3.63) is 28.9 Å². The highest BCUT2D eigenvalue weighted by Crippen LogP contribution is 2.23. The smallest absolute Gasteiger partial charge is 0.147 e. The van der Waals surface area contributed by atoms with E-state index >= 15 is 0 Å². The van der Waals surface area contributed by atoms with E-state index in [1.54, 1.807) is 0 Å². The number of anilines is 1. The van der Waals surface area contributed by atoms with Crippen LogP contribution < -0.4 is 4.90 Å². The first kappa shape index (κ1) is 13.8. The molecule has 3 rings (SSSR count). The number of hydrogen-bond acceptors (Lipinski definition) is 4. The number of fused-ring (bicyclic) bond motifs is 1. The summed E-state index contributed by atoms with van der Waals surface area (Å²) in [5, 5.41) is 0. The molecule has 1 aromatic carbocycles. The minimum Gasteiger partial charge on any atom is -0.355 e. The molecule has 0 saturated carbocycles. The van der Waals surface area contributed by atoms with Crippen LogP contribution in [-0.4, -0.2) is 48.1 Å². The van der Waals surface area contributed by atoms with Crippen molar-refractivity contribution in [2.45, 2.75) is 18.9 Å². The number of halogens is 1. The molecule has 1 aliphatic rings. The van der Waals surface area contributed by atoms with Crippen molar-refractivity contribution < 1.29 is 0 Å². The summed E-state index contributed by atoms with van der Waals surface area (Å²) in [6.07, 6.45) is 4.25. The second kappa shape index (κ2) is 5.66. The van der Waals surface area contributed by atoms with Crippen LogP contribution in [0.1, 0.15) is 12.8 Å². The quantitative estimate of drug-likeness (QED) is 0.845. The first-order chi connectivity index (χ1) is 9.63. The largest absolute Gasteiger partial charge is 0.355 e. The van der Waals surface area contributed by atoms with E-state index in [-0.39, 0.29) is 0 Å². The molecule has 0 spiro atoms. The molecule has 5 heteroatoms. The van der Waals surface area contributed by atoms with Crippen LogP contribution in [0.5, 0.6) is 0 Å². The highest BCUT2D eigenvalue weighted by atomic mass is 79.9. The van der Waals surface area contributed by atoms with E-state index in [0.29, 0.717) is 6.04 Å². The fourth-order valence-electron chi connectivity index (χ4n) is 2.71. The molecule has 0 atom stereocenters. The van der Waals surface area contributed by atoms with Crippen molar-refractivity contribution in [3.8, 4) is 0 Å². The minimum absolute atomic E-state index is 0.560. The van der Waals surface area contributed by atoms with Gasteiger partial charge in [-0.25, -0.2) is 4.98 Å². The second-order valence-corrected chi connectivity index (χ2v) is 6.42. The molecule has 4 nitrogen and oxygen atoms in total. The zero-order valence-electron chi connectivity index (χ0n) is 11.9. The standard InChI is InChI=1S/C15H19BrN4/c1-19-7-5-12(6-8-19)20(2)15-10-17-13-4-3-11(16)9-14(13)18-15/h3-4,9-10,12H,5-8H2,1-2H3. The normalized spacial score (nSPS) is 17.6. The Balaban J connectivity index is 1.85. The Kier molecular flexibility index (Phi) is 3.89. The van der Waals surface area contributed by atoms with Gasteiger partial charge in [0.05, 0.1) is 17.2 Å². The van der Waals surface area contributed by atoms with E-state index in [4.69, 9.17) is 4.98 Å². The molecule has 20 heavy (non-hydrogen) atoms. The summed E-state index contributed by atoms with van der Waals surface area (Å²) in [7, 11) is 4.31. The summed E-state index contributed by atoms with van der Waals surface area (Å²) in [6, 6.07) is 6.57. The van der Waals surface area contributed by atoms with Gasteiger partial charge >= 0.3 is 0 Å². The predicted molar refractivity (Wildman–Crippen MR) is 86.2 cm³/mol. The Hall–Kier alpha value is -1.20. The average Bonchev–Trinajstić information content (AvgIpc) is 2.46. The van der Waals surface area contributed by atoms with Gasteiger partial charge in [0.25, 0.3) is 0 Å². The fourth-order valence-corrected chi connectivity index (χ4v) is 3.06. The molecule has 106 valence electrons. The zero-order chi connectivity index (χ0) is 14.1. The monoisotopic (exact) mass is 334 g/mol. The molecule has 2 aromatic rings. The molecule has 0 amide bonds. The van der Waals surface area contributed by atoms with E-state index in [9.17, 15) is 0 Å². The maximum absolute atomic E-state index is 4.75. The molecule has 0 aliphatic carbocycles. The SMILES string of the molecule is CN1CCC(N(C)c2cnc3ccc(Br)cc3n2)CC1. The highest BCUT2D eigenvalue weighted by Gasteiger charge is 2.21. The van der Waals surface area contributed by atoms with Crippen molar-refractivity contribution in [2.24, 2.45) is 0 Å². The van der Waals surface area contributed by atoms with Gasteiger partial charge in [-0.1, -0.05) is 15.9 Å². The van der Waals surface area contributed by atoms with Gasteiger partial charge in [-0.05, 0) is 51.2 Å². The number of benzene rings is 1. The Bertz CT molecular complexity index is 608. The van der Waals surface area contributed by atoms with Crippen molar-refractivity contribution >= 4 is 32.8 Å². The molecule has 0 bridgehead atoms. The number of aromatic nitrogens is 2. The van der Waals surface area contributed by atoms with E-state index < -0.39 is 0 Å². The number of rotatable bonds is 2. The summed E-state index contributed by atoms with van der Waals surface area (Å²) in [6.45, 7) is 2.31. The van der Waals surface area contributed by atoms with Crippen molar-refractivity contribution in [3.63, 3.8) is 0 Å². The number of piperidine rings is 1. The van der Waals surface area contributed by atoms with Crippen LogP contribution >= 0.6 is 15.9 Å². The van der Waals surface area contributed by atoms with E-state index in [2.05, 4.69) is 44.8 Å². The van der Waals surface area contributed by atoms with Crippen LogP contribution in [0.4, 0.5) is 5.82 Å². The lowest BCUT2D eigenvalue weighted by Crippen LogP contribution is -2.42. The molecule has 1 aliphatic heterocycles. The van der Waals surface area contributed by atoms with Crippen LogP contribution in [0.2, 0.25) is 0 Å². The first-order valence-corrected chi connectivity index (χ1v) is 7.76. The van der Waals surface area contributed by atoms with Crippen LogP contribution in [0, 0.1) is 0 Å². The van der Waals surface area contributed by atoms with E-state index in [1.165, 1.54) is 12.8 Å². The topological polar surface area (TPSA) is 32.3 Å².